The molecule has 2 N–H and O–H groups in total. The Morgan fingerprint density at radius 1 is 1.19 bits per heavy atom. The van der Waals surface area contributed by atoms with Gasteiger partial charge in [0.2, 0.25) is 0 Å². The molecule has 0 saturated heterocycles. The molecule has 1 fully saturated rings. The van der Waals surface area contributed by atoms with Gasteiger partial charge < -0.3 is 10.1 Å². The van der Waals surface area contributed by atoms with E-state index in [1.807, 2.05) is 49.5 Å². The first-order valence-electron chi connectivity index (χ1n) is 8.82. The quantitative estimate of drug-likeness (QED) is 0.691. The van der Waals surface area contributed by atoms with Crippen LogP contribution in [0.1, 0.15) is 24.0 Å². The van der Waals surface area contributed by atoms with Crippen LogP contribution in [0.4, 0.5) is 16.2 Å². The molecule has 2 aromatic carbocycles. The van der Waals surface area contributed by atoms with Crippen LogP contribution in [-0.2, 0) is 11.3 Å². The zero-order chi connectivity index (χ0) is 17.9. The molecule has 1 amide bonds. The standard InChI is InChI=1S/C21H21N3O2/c1-14-11-19(23-16-7-8-16)18-12-22-10-9-17(18)20(14)24-21(25)26-13-15-5-3-2-4-6-15/h2-6,9-12,16,23H,7-8,13H2,1H3,(H,24,25). The fraction of sp³-hybridized carbons (Fsp3) is 0.238. The van der Waals surface area contributed by atoms with E-state index in [9.17, 15) is 4.79 Å². The molecular weight excluding hydrogens is 326 g/mol. The second-order valence-corrected chi connectivity index (χ2v) is 6.64. The van der Waals surface area contributed by atoms with Crippen LogP contribution in [0.2, 0.25) is 0 Å². The Hall–Kier alpha value is -3.08. The third kappa shape index (κ3) is 3.61. The summed E-state index contributed by atoms with van der Waals surface area (Å²) in [6, 6.07) is 14.2. The maximum absolute atomic E-state index is 12.3. The molecule has 132 valence electrons. The minimum Gasteiger partial charge on any atom is -0.444 e. The number of benzene rings is 2. The number of amides is 1. The highest BCUT2D eigenvalue weighted by atomic mass is 16.5. The van der Waals surface area contributed by atoms with Crippen LogP contribution in [0.15, 0.2) is 54.9 Å². The van der Waals surface area contributed by atoms with E-state index in [0.717, 1.165) is 33.3 Å². The summed E-state index contributed by atoms with van der Waals surface area (Å²) >= 11 is 0. The van der Waals surface area contributed by atoms with Crippen molar-refractivity contribution in [1.29, 1.82) is 0 Å². The molecule has 5 heteroatoms. The SMILES string of the molecule is Cc1cc(NC2CC2)c2cnccc2c1NC(=O)OCc1ccccc1. The number of nitrogens with zero attached hydrogens (tertiary/aromatic N) is 1. The van der Waals surface area contributed by atoms with Crippen LogP contribution < -0.4 is 10.6 Å². The van der Waals surface area contributed by atoms with Gasteiger partial charge in [-0.05, 0) is 43.0 Å². The lowest BCUT2D eigenvalue weighted by molar-refractivity contribution is 0.155. The van der Waals surface area contributed by atoms with E-state index in [2.05, 4.69) is 21.7 Å². The maximum atomic E-state index is 12.3. The van der Waals surface area contributed by atoms with Crippen molar-refractivity contribution in [2.75, 3.05) is 10.6 Å². The summed E-state index contributed by atoms with van der Waals surface area (Å²) in [7, 11) is 0. The Balaban J connectivity index is 1.55. The number of carbonyl (C=O) groups is 1. The molecule has 0 atom stereocenters. The van der Waals surface area contributed by atoms with E-state index in [0.29, 0.717) is 6.04 Å². The van der Waals surface area contributed by atoms with Gasteiger partial charge in [0, 0.05) is 34.9 Å². The van der Waals surface area contributed by atoms with Crippen LogP contribution >= 0.6 is 0 Å². The molecule has 0 spiro atoms. The largest absolute Gasteiger partial charge is 0.444 e. The number of pyridine rings is 1. The van der Waals surface area contributed by atoms with Crippen molar-refractivity contribution in [3.8, 4) is 0 Å². The van der Waals surface area contributed by atoms with Gasteiger partial charge in [-0.2, -0.15) is 0 Å². The number of anilines is 2. The minimum absolute atomic E-state index is 0.243. The average Bonchev–Trinajstić information content (AvgIpc) is 3.48. The van der Waals surface area contributed by atoms with Crippen LogP contribution in [0.5, 0.6) is 0 Å². The number of aryl methyl sites for hydroxylation is 1. The average molecular weight is 347 g/mol. The normalized spacial score (nSPS) is 13.4. The second-order valence-electron chi connectivity index (χ2n) is 6.64. The van der Waals surface area contributed by atoms with Gasteiger partial charge in [0.25, 0.3) is 0 Å². The summed E-state index contributed by atoms with van der Waals surface area (Å²) in [4.78, 5) is 16.5. The van der Waals surface area contributed by atoms with Gasteiger partial charge in [-0.25, -0.2) is 4.79 Å². The summed E-state index contributed by atoms with van der Waals surface area (Å²) in [6.07, 6.45) is 5.51. The Morgan fingerprint density at radius 3 is 2.77 bits per heavy atom. The number of hydrogen-bond donors (Lipinski definition) is 2. The Morgan fingerprint density at radius 2 is 2.00 bits per heavy atom. The highest BCUT2D eigenvalue weighted by Gasteiger charge is 2.22. The van der Waals surface area contributed by atoms with E-state index >= 15 is 0 Å². The topological polar surface area (TPSA) is 63.2 Å². The van der Waals surface area contributed by atoms with Gasteiger partial charge in [-0.3, -0.25) is 10.3 Å². The third-order valence-corrected chi connectivity index (χ3v) is 4.51. The lowest BCUT2D eigenvalue weighted by Crippen LogP contribution is -2.15. The lowest BCUT2D eigenvalue weighted by atomic mass is 10.0. The number of hydrogen-bond acceptors (Lipinski definition) is 4. The molecule has 1 aliphatic rings. The molecule has 1 aromatic heterocycles. The fourth-order valence-corrected chi connectivity index (χ4v) is 3.00. The molecule has 0 radical (unpaired) electrons. The van der Waals surface area contributed by atoms with Crippen LogP contribution in [0, 0.1) is 6.92 Å². The molecule has 0 aliphatic heterocycles. The van der Waals surface area contributed by atoms with Gasteiger partial charge in [-0.15, -0.1) is 0 Å². The molecule has 3 aromatic rings. The fourth-order valence-electron chi connectivity index (χ4n) is 3.00. The van der Waals surface area contributed by atoms with Crippen LogP contribution in [0.3, 0.4) is 0 Å². The molecule has 26 heavy (non-hydrogen) atoms. The summed E-state index contributed by atoms with van der Waals surface area (Å²) in [5.74, 6) is 0. The molecule has 0 bridgehead atoms. The van der Waals surface area contributed by atoms with Crippen molar-refractivity contribution < 1.29 is 9.53 Å². The molecule has 1 heterocycles. The van der Waals surface area contributed by atoms with Gasteiger partial charge in [0.05, 0.1) is 5.69 Å². The van der Waals surface area contributed by atoms with Gasteiger partial charge >= 0.3 is 6.09 Å². The summed E-state index contributed by atoms with van der Waals surface area (Å²) in [6.45, 7) is 2.23. The molecule has 1 saturated carbocycles. The van der Waals surface area contributed by atoms with E-state index in [1.165, 1.54) is 12.8 Å². The molecule has 0 unspecified atom stereocenters. The highest BCUT2D eigenvalue weighted by molar-refractivity contribution is 6.06. The maximum Gasteiger partial charge on any atom is 0.411 e. The molecule has 5 nitrogen and oxygen atoms in total. The molecular formula is C21H21N3O2. The summed E-state index contributed by atoms with van der Waals surface area (Å²) in [5.41, 5.74) is 3.78. The smallest absolute Gasteiger partial charge is 0.411 e. The third-order valence-electron chi connectivity index (χ3n) is 4.51. The number of rotatable bonds is 5. The monoisotopic (exact) mass is 347 g/mol. The van der Waals surface area contributed by atoms with Crippen LogP contribution in [-0.4, -0.2) is 17.1 Å². The van der Waals surface area contributed by atoms with E-state index in [1.54, 1.807) is 6.20 Å². The number of carbonyl (C=O) groups excluding carboxylic acids is 1. The van der Waals surface area contributed by atoms with Crippen molar-refractivity contribution in [3.05, 3.63) is 66.0 Å². The summed E-state index contributed by atoms with van der Waals surface area (Å²) < 4.78 is 5.36. The molecule has 4 rings (SSSR count). The zero-order valence-corrected chi connectivity index (χ0v) is 14.7. The van der Waals surface area contributed by atoms with Crippen LogP contribution in [0.25, 0.3) is 10.8 Å². The number of ether oxygens (including phenoxy) is 1. The Labute approximate surface area is 152 Å². The highest BCUT2D eigenvalue weighted by Crippen LogP contribution is 2.35. The first-order chi connectivity index (χ1) is 12.7. The van der Waals surface area contributed by atoms with E-state index in [-0.39, 0.29) is 6.61 Å². The van der Waals surface area contributed by atoms with E-state index in [4.69, 9.17) is 4.74 Å². The van der Waals surface area contributed by atoms with Crippen molar-refractivity contribution in [3.63, 3.8) is 0 Å². The van der Waals surface area contributed by atoms with Gasteiger partial charge in [0.15, 0.2) is 0 Å². The van der Waals surface area contributed by atoms with Crippen molar-refractivity contribution >= 4 is 28.2 Å². The van der Waals surface area contributed by atoms with E-state index < -0.39 is 6.09 Å². The van der Waals surface area contributed by atoms with Crippen molar-refractivity contribution in [2.45, 2.75) is 32.4 Å². The lowest BCUT2D eigenvalue weighted by Gasteiger charge is -2.16. The summed E-state index contributed by atoms with van der Waals surface area (Å²) in [5, 5.41) is 8.41. The number of nitrogens with one attached hydrogen (secondary N) is 2. The van der Waals surface area contributed by atoms with Gasteiger partial charge in [0.1, 0.15) is 6.61 Å². The first kappa shape index (κ1) is 16.4. The minimum atomic E-state index is -0.460. The predicted octanol–water partition coefficient (Wildman–Crippen LogP) is 4.87. The predicted molar refractivity (Wildman–Crippen MR) is 103 cm³/mol. The number of fused-ring (bicyclic) bond motifs is 1. The van der Waals surface area contributed by atoms with Crippen molar-refractivity contribution in [2.24, 2.45) is 0 Å². The second kappa shape index (κ2) is 7.04. The van der Waals surface area contributed by atoms with Crippen molar-refractivity contribution in [1.82, 2.24) is 4.98 Å². The number of aromatic nitrogens is 1. The molecule has 1 aliphatic carbocycles. The first-order valence-corrected chi connectivity index (χ1v) is 8.82. The Kier molecular flexibility index (Phi) is 4.44. The zero-order valence-electron chi connectivity index (χ0n) is 14.7. The van der Waals surface area contributed by atoms with Gasteiger partial charge in [-0.1, -0.05) is 30.3 Å². The Bertz CT molecular complexity index is 937.